The summed E-state index contributed by atoms with van der Waals surface area (Å²) in [5, 5.41) is 0. The molecule has 1 heterocycles. The van der Waals surface area contributed by atoms with Crippen molar-refractivity contribution in [3.63, 3.8) is 0 Å². The van der Waals surface area contributed by atoms with Crippen LogP contribution in [0.15, 0.2) is 18.2 Å². The summed E-state index contributed by atoms with van der Waals surface area (Å²) in [4.78, 5) is 2.30. The summed E-state index contributed by atoms with van der Waals surface area (Å²) >= 11 is 0. The van der Waals surface area contributed by atoms with Crippen LogP contribution in [-0.2, 0) is 17.8 Å². The lowest BCUT2D eigenvalue weighted by atomic mass is 10.1. The third-order valence-corrected chi connectivity index (χ3v) is 2.58. The highest BCUT2D eigenvalue weighted by molar-refractivity contribution is 5.58. The molecule has 0 radical (unpaired) electrons. The molecular weight excluding hydrogens is 162 g/mol. The fourth-order valence-electron chi connectivity index (χ4n) is 1.88. The molecule has 0 fully saturated rings. The number of likely N-dealkylation sites (N-methyl/N-ethyl adjacent to an activating group) is 1. The Morgan fingerprint density at radius 2 is 2.31 bits per heavy atom. The number of ether oxygens (including phenoxy) is 1. The molecule has 0 aliphatic carbocycles. The van der Waals surface area contributed by atoms with Crippen molar-refractivity contribution in [2.75, 3.05) is 25.6 Å². The molecule has 0 amide bonds. The summed E-state index contributed by atoms with van der Waals surface area (Å²) in [5.74, 6) is 0. The number of hydrogen-bond donors (Lipinski definition) is 0. The van der Waals surface area contributed by atoms with Gasteiger partial charge in [-0.3, -0.25) is 0 Å². The monoisotopic (exact) mass is 177 g/mol. The summed E-state index contributed by atoms with van der Waals surface area (Å²) in [6, 6.07) is 6.59. The molecular formula is C11H15NO. The molecule has 0 saturated carbocycles. The molecule has 0 aromatic heterocycles. The van der Waals surface area contributed by atoms with Crippen LogP contribution < -0.4 is 4.90 Å². The van der Waals surface area contributed by atoms with Gasteiger partial charge in [-0.25, -0.2) is 0 Å². The van der Waals surface area contributed by atoms with Crippen LogP contribution in [0.25, 0.3) is 0 Å². The first-order valence-electron chi connectivity index (χ1n) is 4.63. The lowest BCUT2D eigenvalue weighted by Crippen LogP contribution is -2.12. The fourth-order valence-corrected chi connectivity index (χ4v) is 1.88. The Balaban J connectivity index is 2.29. The van der Waals surface area contributed by atoms with Gasteiger partial charge >= 0.3 is 0 Å². The minimum Gasteiger partial charge on any atom is -0.380 e. The molecule has 1 aliphatic rings. The molecule has 0 atom stereocenters. The maximum Gasteiger partial charge on any atom is 0.0713 e. The normalized spacial score (nSPS) is 14.8. The summed E-state index contributed by atoms with van der Waals surface area (Å²) in [7, 11) is 3.88. The Bertz CT molecular complexity index is 309. The summed E-state index contributed by atoms with van der Waals surface area (Å²) < 4.78 is 5.10. The smallest absolute Gasteiger partial charge is 0.0713 e. The molecule has 1 aromatic rings. The molecule has 2 nitrogen and oxygen atoms in total. The van der Waals surface area contributed by atoms with Crippen molar-refractivity contribution in [1.29, 1.82) is 0 Å². The second-order valence-corrected chi connectivity index (χ2v) is 3.57. The summed E-state index contributed by atoms with van der Waals surface area (Å²) in [5.41, 5.74) is 4.11. The number of fused-ring (bicyclic) bond motifs is 1. The average Bonchev–Trinajstić information content (AvgIpc) is 2.48. The zero-order valence-electron chi connectivity index (χ0n) is 8.21. The number of benzene rings is 1. The van der Waals surface area contributed by atoms with Gasteiger partial charge in [0.15, 0.2) is 0 Å². The standard InChI is InChI=1S/C11H15NO/c1-12-6-5-10-7-9(8-13-2)3-4-11(10)12/h3-4,7H,5-6,8H2,1-2H3. The second kappa shape index (κ2) is 3.38. The SMILES string of the molecule is COCc1ccc2c(c1)CCN2C. The third kappa shape index (κ3) is 1.54. The van der Waals surface area contributed by atoms with Crippen LogP contribution in [0.2, 0.25) is 0 Å². The van der Waals surface area contributed by atoms with Gasteiger partial charge in [0.05, 0.1) is 6.61 Å². The molecule has 0 bridgehead atoms. The van der Waals surface area contributed by atoms with E-state index in [1.807, 2.05) is 0 Å². The predicted octanol–water partition coefficient (Wildman–Crippen LogP) is 1.83. The highest BCUT2D eigenvalue weighted by atomic mass is 16.5. The maximum atomic E-state index is 5.10. The van der Waals surface area contributed by atoms with Crippen LogP contribution in [-0.4, -0.2) is 20.7 Å². The maximum absolute atomic E-state index is 5.10. The molecule has 0 unspecified atom stereocenters. The second-order valence-electron chi connectivity index (χ2n) is 3.57. The van der Waals surface area contributed by atoms with Crippen LogP contribution in [0, 0.1) is 0 Å². The Hall–Kier alpha value is -1.02. The fraction of sp³-hybridized carbons (Fsp3) is 0.455. The van der Waals surface area contributed by atoms with Gasteiger partial charge in [-0.05, 0) is 23.6 Å². The highest BCUT2D eigenvalue weighted by Gasteiger charge is 2.14. The van der Waals surface area contributed by atoms with Gasteiger partial charge in [-0.1, -0.05) is 12.1 Å². The third-order valence-electron chi connectivity index (χ3n) is 2.58. The van der Waals surface area contributed by atoms with Crippen molar-refractivity contribution in [3.05, 3.63) is 29.3 Å². The Morgan fingerprint density at radius 1 is 1.46 bits per heavy atom. The molecule has 70 valence electrons. The van der Waals surface area contributed by atoms with Gasteiger partial charge in [0.1, 0.15) is 0 Å². The van der Waals surface area contributed by atoms with E-state index in [1.165, 1.54) is 23.2 Å². The topological polar surface area (TPSA) is 12.5 Å². The molecule has 0 N–H and O–H groups in total. The van der Waals surface area contributed by atoms with Gasteiger partial charge in [0, 0.05) is 26.4 Å². The van der Waals surface area contributed by atoms with Crippen LogP contribution >= 0.6 is 0 Å². The highest BCUT2D eigenvalue weighted by Crippen LogP contribution is 2.27. The van der Waals surface area contributed by atoms with E-state index in [0.717, 1.165) is 13.2 Å². The van der Waals surface area contributed by atoms with Crippen molar-refractivity contribution in [3.8, 4) is 0 Å². The van der Waals surface area contributed by atoms with Gasteiger partial charge in [0.2, 0.25) is 0 Å². The quantitative estimate of drug-likeness (QED) is 0.683. The number of nitrogens with zero attached hydrogens (tertiary/aromatic N) is 1. The van der Waals surface area contributed by atoms with Crippen LogP contribution in [0.3, 0.4) is 0 Å². The number of hydrogen-bond acceptors (Lipinski definition) is 2. The minimum atomic E-state index is 0.719. The zero-order chi connectivity index (χ0) is 9.26. The van der Waals surface area contributed by atoms with Crippen molar-refractivity contribution in [2.24, 2.45) is 0 Å². The minimum absolute atomic E-state index is 0.719. The van der Waals surface area contributed by atoms with Crippen LogP contribution in [0.4, 0.5) is 5.69 Å². The Kier molecular flexibility index (Phi) is 2.23. The van der Waals surface area contributed by atoms with E-state index in [2.05, 4.69) is 30.1 Å². The lowest BCUT2D eigenvalue weighted by molar-refractivity contribution is 0.185. The number of anilines is 1. The number of rotatable bonds is 2. The molecule has 2 rings (SSSR count). The van der Waals surface area contributed by atoms with Crippen molar-refractivity contribution in [2.45, 2.75) is 13.0 Å². The molecule has 0 saturated heterocycles. The van der Waals surface area contributed by atoms with E-state index in [1.54, 1.807) is 7.11 Å². The van der Waals surface area contributed by atoms with E-state index >= 15 is 0 Å². The Morgan fingerprint density at radius 3 is 3.08 bits per heavy atom. The first-order valence-corrected chi connectivity index (χ1v) is 4.63. The molecule has 2 heteroatoms. The van der Waals surface area contributed by atoms with Crippen LogP contribution in [0.5, 0.6) is 0 Å². The zero-order valence-corrected chi connectivity index (χ0v) is 8.21. The molecule has 1 aromatic carbocycles. The van der Waals surface area contributed by atoms with Gasteiger partial charge in [-0.2, -0.15) is 0 Å². The van der Waals surface area contributed by atoms with E-state index in [9.17, 15) is 0 Å². The van der Waals surface area contributed by atoms with Gasteiger partial charge in [0.25, 0.3) is 0 Å². The van der Waals surface area contributed by atoms with E-state index < -0.39 is 0 Å². The van der Waals surface area contributed by atoms with Crippen molar-refractivity contribution < 1.29 is 4.74 Å². The van der Waals surface area contributed by atoms with E-state index in [4.69, 9.17) is 4.74 Å². The Labute approximate surface area is 79.1 Å². The lowest BCUT2D eigenvalue weighted by Gasteiger charge is -2.11. The summed E-state index contributed by atoms with van der Waals surface area (Å²) in [6.07, 6.45) is 1.17. The van der Waals surface area contributed by atoms with Gasteiger partial charge in [-0.15, -0.1) is 0 Å². The van der Waals surface area contributed by atoms with E-state index in [0.29, 0.717) is 0 Å². The predicted molar refractivity (Wildman–Crippen MR) is 54.1 cm³/mol. The van der Waals surface area contributed by atoms with Crippen LogP contribution in [0.1, 0.15) is 11.1 Å². The molecule has 1 aliphatic heterocycles. The first kappa shape index (κ1) is 8.57. The largest absolute Gasteiger partial charge is 0.380 e. The van der Waals surface area contributed by atoms with Gasteiger partial charge < -0.3 is 9.64 Å². The molecule has 13 heavy (non-hydrogen) atoms. The van der Waals surface area contributed by atoms with Crippen molar-refractivity contribution >= 4 is 5.69 Å². The molecule has 0 spiro atoms. The number of methoxy groups -OCH3 is 1. The first-order chi connectivity index (χ1) is 6.31. The summed E-state index contributed by atoms with van der Waals surface area (Å²) in [6.45, 7) is 1.86. The average molecular weight is 177 g/mol. The van der Waals surface area contributed by atoms with E-state index in [-0.39, 0.29) is 0 Å². The van der Waals surface area contributed by atoms with Crippen molar-refractivity contribution in [1.82, 2.24) is 0 Å².